The smallest absolute Gasteiger partial charge is 0.134 e. The fraction of sp³-hybridized carbons (Fsp3) is 0.636. The Hall–Kier alpha value is -1.36. The minimum atomic E-state index is 0.122. The normalized spacial score (nSPS) is 10.2. The minimum absolute atomic E-state index is 0.122. The first kappa shape index (κ1) is 12.7. The van der Waals surface area contributed by atoms with Crippen molar-refractivity contribution >= 4 is 11.6 Å². The number of hydrogen-bond acceptors (Lipinski definition) is 5. The van der Waals surface area contributed by atoms with Crippen LogP contribution in [0.25, 0.3) is 0 Å². The van der Waals surface area contributed by atoms with E-state index >= 15 is 0 Å². The van der Waals surface area contributed by atoms with Gasteiger partial charge in [0.1, 0.15) is 17.5 Å². The topological polar surface area (TPSA) is 61.3 Å². The van der Waals surface area contributed by atoms with Gasteiger partial charge in [0.05, 0.1) is 6.61 Å². The van der Waals surface area contributed by atoms with E-state index in [1.54, 1.807) is 0 Å². The Morgan fingerprint density at radius 1 is 1.44 bits per heavy atom. The Bertz CT molecular complexity index is 330. The monoisotopic (exact) mass is 224 g/mol. The first-order valence-electron chi connectivity index (χ1n) is 5.59. The molecule has 0 saturated carbocycles. The fourth-order valence-corrected chi connectivity index (χ4v) is 1.36. The number of rotatable bonds is 6. The third-order valence-corrected chi connectivity index (χ3v) is 2.21. The zero-order valence-electron chi connectivity index (χ0n) is 10.2. The van der Waals surface area contributed by atoms with Crippen LogP contribution in [0, 0.1) is 6.92 Å². The van der Waals surface area contributed by atoms with Crippen molar-refractivity contribution in [3.8, 4) is 0 Å². The summed E-state index contributed by atoms with van der Waals surface area (Å²) in [6.07, 6.45) is 1.06. The van der Waals surface area contributed by atoms with Crippen LogP contribution in [0.5, 0.6) is 0 Å². The quantitative estimate of drug-likeness (QED) is 0.756. The first-order chi connectivity index (χ1) is 7.67. The molecule has 2 N–H and O–H groups in total. The number of aliphatic hydroxyl groups is 1. The summed E-state index contributed by atoms with van der Waals surface area (Å²) in [6, 6.07) is 1.90. The van der Waals surface area contributed by atoms with Gasteiger partial charge in [0.15, 0.2) is 0 Å². The molecule has 5 heteroatoms. The van der Waals surface area contributed by atoms with Crippen molar-refractivity contribution in [3.05, 3.63) is 11.9 Å². The van der Waals surface area contributed by atoms with Crippen LogP contribution in [0.15, 0.2) is 6.07 Å². The molecular weight excluding hydrogens is 204 g/mol. The number of nitrogens with zero attached hydrogens (tertiary/aromatic N) is 3. The summed E-state index contributed by atoms with van der Waals surface area (Å²) in [7, 11) is 1.90. The molecule has 1 aromatic rings. The largest absolute Gasteiger partial charge is 0.395 e. The summed E-state index contributed by atoms with van der Waals surface area (Å²) in [5.41, 5.74) is 0. The second-order valence-electron chi connectivity index (χ2n) is 3.73. The number of anilines is 2. The molecule has 0 spiro atoms. The van der Waals surface area contributed by atoms with Crippen LogP contribution in [0.4, 0.5) is 11.6 Å². The molecule has 0 saturated heterocycles. The Kier molecular flexibility index (Phi) is 4.98. The van der Waals surface area contributed by atoms with Crippen molar-refractivity contribution in [2.75, 3.05) is 37.0 Å². The van der Waals surface area contributed by atoms with E-state index < -0.39 is 0 Å². The van der Waals surface area contributed by atoms with Gasteiger partial charge < -0.3 is 15.3 Å². The second-order valence-corrected chi connectivity index (χ2v) is 3.73. The molecule has 0 atom stereocenters. The number of nitrogens with one attached hydrogen (secondary N) is 1. The first-order valence-corrected chi connectivity index (χ1v) is 5.59. The van der Waals surface area contributed by atoms with E-state index in [-0.39, 0.29) is 6.61 Å². The average Bonchev–Trinajstić information content (AvgIpc) is 2.26. The Morgan fingerprint density at radius 3 is 2.81 bits per heavy atom. The highest BCUT2D eigenvalue weighted by molar-refractivity contribution is 5.48. The van der Waals surface area contributed by atoms with E-state index in [0.717, 1.165) is 30.4 Å². The van der Waals surface area contributed by atoms with Crippen LogP contribution in [-0.4, -0.2) is 41.8 Å². The molecule has 0 aliphatic rings. The molecule has 0 aromatic carbocycles. The van der Waals surface area contributed by atoms with Gasteiger partial charge in [0.25, 0.3) is 0 Å². The zero-order chi connectivity index (χ0) is 12.0. The van der Waals surface area contributed by atoms with Gasteiger partial charge in [0.2, 0.25) is 0 Å². The Balaban J connectivity index is 2.80. The summed E-state index contributed by atoms with van der Waals surface area (Å²) in [6.45, 7) is 5.58. The van der Waals surface area contributed by atoms with Crippen LogP contribution in [0.2, 0.25) is 0 Å². The summed E-state index contributed by atoms with van der Waals surface area (Å²) in [5.74, 6) is 2.41. The third-order valence-electron chi connectivity index (χ3n) is 2.21. The number of aromatic nitrogens is 2. The van der Waals surface area contributed by atoms with E-state index in [1.165, 1.54) is 0 Å². The summed E-state index contributed by atoms with van der Waals surface area (Å²) >= 11 is 0. The predicted octanol–water partition coefficient (Wildman–Crippen LogP) is 1.04. The lowest BCUT2D eigenvalue weighted by Crippen LogP contribution is -2.23. The highest BCUT2D eigenvalue weighted by Crippen LogP contribution is 2.14. The fourth-order valence-electron chi connectivity index (χ4n) is 1.36. The van der Waals surface area contributed by atoms with Crippen LogP contribution >= 0.6 is 0 Å². The molecule has 0 aliphatic carbocycles. The Morgan fingerprint density at radius 2 is 2.19 bits per heavy atom. The van der Waals surface area contributed by atoms with E-state index in [4.69, 9.17) is 5.11 Å². The molecule has 5 nitrogen and oxygen atoms in total. The van der Waals surface area contributed by atoms with Crippen LogP contribution in [0.1, 0.15) is 19.2 Å². The van der Waals surface area contributed by atoms with Gasteiger partial charge in [0, 0.05) is 26.2 Å². The highest BCUT2D eigenvalue weighted by Gasteiger charge is 2.05. The maximum atomic E-state index is 8.88. The van der Waals surface area contributed by atoms with Crippen LogP contribution < -0.4 is 10.2 Å². The molecule has 0 unspecified atom stereocenters. The molecule has 1 aromatic heterocycles. The van der Waals surface area contributed by atoms with E-state index in [0.29, 0.717) is 6.54 Å². The van der Waals surface area contributed by atoms with Crippen molar-refractivity contribution in [2.45, 2.75) is 20.3 Å². The van der Waals surface area contributed by atoms with Crippen molar-refractivity contribution in [2.24, 2.45) is 0 Å². The van der Waals surface area contributed by atoms with Gasteiger partial charge in [-0.3, -0.25) is 0 Å². The van der Waals surface area contributed by atoms with E-state index in [9.17, 15) is 0 Å². The van der Waals surface area contributed by atoms with Gasteiger partial charge in [-0.15, -0.1) is 0 Å². The van der Waals surface area contributed by atoms with E-state index in [2.05, 4.69) is 22.2 Å². The number of hydrogen-bond donors (Lipinski definition) is 2. The van der Waals surface area contributed by atoms with Gasteiger partial charge in [-0.2, -0.15) is 0 Å². The number of aliphatic hydroxyl groups excluding tert-OH is 1. The molecular formula is C11H20N4O. The van der Waals surface area contributed by atoms with Gasteiger partial charge in [-0.25, -0.2) is 9.97 Å². The summed E-state index contributed by atoms with van der Waals surface area (Å²) in [4.78, 5) is 10.5. The van der Waals surface area contributed by atoms with Crippen molar-refractivity contribution in [3.63, 3.8) is 0 Å². The lowest BCUT2D eigenvalue weighted by atomic mass is 10.4. The molecule has 0 fully saturated rings. The van der Waals surface area contributed by atoms with Crippen molar-refractivity contribution < 1.29 is 5.11 Å². The third kappa shape index (κ3) is 3.66. The molecule has 16 heavy (non-hydrogen) atoms. The van der Waals surface area contributed by atoms with Gasteiger partial charge in [-0.1, -0.05) is 6.92 Å². The molecule has 0 bridgehead atoms. The molecule has 0 amide bonds. The van der Waals surface area contributed by atoms with Gasteiger partial charge >= 0.3 is 0 Å². The van der Waals surface area contributed by atoms with Crippen LogP contribution in [-0.2, 0) is 0 Å². The second kappa shape index (κ2) is 6.27. The number of likely N-dealkylation sites (N-methyl/N-ethyl adjacent to an activating group) is 1. The maximum Gasteiger partial charge on any atom is 0.134 e. The highest BCUT2D eigenvalue weighted by atomic mass is 16.3. The summed E-state index contributed by atoms with van der Waals surface area (Å²) in [5, 5.41) is 12.1. The molecule has 0 aliphatic heterocycles. The van der Waals surface area contributed by atoms with Crippen molar-refractivity contribution in [1.82, 2.24) is 9.97 Å². The van der Waals surface area contributed by atoms with Crippen LogP contribution in [0.3, 0.4) is 0 Å². The predicted molar refractivity (Wildman–Crippen MR) is 65.9 cm³/mol. The molecule has 1 heterocycles. The Labute approximate surface area is 96.5 Å². The zero-order valence-corrected chi connectivity index (χ0v) is 10.2. The minimum Gasteiger partial charge on any atom is -0.395 e. The molecule has 1 rings (SSSR count). The maximum absolute atomic E-state index is 8.88. The molecule has 90 valence electrons. The molecule has 0 radical (unpaired) electrons. The SMILES string of the molecule is CCCNc1cc(N(C)CCO)nc(C)n1. The van der Waals surface area contributed by atoms with Crippen molar-refractivity contribution in [1.29, 1.82) is 0 Å². The lowest BCUT2D eigenvalue weighted by molar-refractivity contribution is 0.304. The summed E-state index contributed by atoms with van der Waals surface area (Å²) < 4.78 is 0. The lowest BCUT2D eigenvalue weighted by Gasteiger charge is -2.18. The van der Waals surface area contributed by atoms with Gasteiger partial charge in [-0.05, 0) is 13.3 Å². The number of aryl methyl sites for hydroxylation is 1. The van der Waals surface area contributed by atoms with E-state index in [1.807, 2.05) is 24.9 Å². The standard InChI is InChI=1S/C11H20N4O/c1-4-5-12-10-8-11(14-9(2)13-10)15(3)6-7-16/h8,16H,4-7H2,1-3H3,(H,12,13,14). The average molecular weight is 224 g/mol.